The minimum Gasteiger partial charge on any atom is -0.480 e. The van der Waals surface area contributed by atoms with Gasteiger partial charge >= 0.3 is 12.0 Å². The number of aliphatic carboxylic acids is 1. The van der Waals surface area contributed by atoms with Crippen LogP contribution in [0.5, 0.6) is 0 Å². The van der Waals surface area contributed by atoms with Gasteiger partial charge in [0.05, 0.1) is 5.37 Å². The van der Waals surface area contributed by atoms with Gasteiger partial charge in [-0.1, -0.05) is 0 Å². The monoisotopic (exact) mass is 299 g/mol. The van der Waals surface area contributed by atoms with Crippen LogP contribution in [0.4, 0.5) is 4.79 Å². The molecular weight excluding hydrogens is 282 g/mol. The number of nitrogens with one attached hydrogen (secondary N) is 2. The minimum absolute atomic E-state index is 0.120. The second kappa shape index (κ2) is 6.60. The van der Waals surface area contributed by atoms with Crippen LogP contribution in [0.15, 0.2) is 6.33 Å². The van der Waals surface area contributed by atoms with Crippen LogP contribution in [-0.2, 0) is 11.2 Å². The average Bonchev–Trinajstić information content (AvgIpc) is 3.03. The Morgan fingerprint density at radius 3 is 3.10 bits per heavy atom. The van der Waals surface area contributed by atoms with E-state index < -0.39 is 12.0 Å². The molecule has 2 atom stereocenters. The summed E-state index contributed by atoms with van der Waals surface area (Å²) in [4.78, 5) is 28.5. The van der Waals surface area contributed by atoms with Crippen LogP contribution in [0.1, 0.15) is 19.2 Å². The summed E-state index contributed by atoms with van der Waals surface area (Å²) in [7, 11) is 0. The first-order valence-electron chi connectivity index (χ1n) is 6.34. The van der Waals surface area contributed by atoms with Gasteiger partial charge in [0.1, 0.15) is 18.2 Å². The number of carboxylic acids is 1. The molecule has 0 radical (unpaired) electrons. The third kappa shape index (κ3) is 3.41. The Labute approximate surface area is 120 Å². The lowest BCUT2D eigenvalue weighted by molar-refractivity contribution is -0.141. The Bertz CT molecular complexity index is 467. The zero-order valence-electron chi connectivity index (χ0n) is 11.1. The van der Waals surface area contributed by atoms with E-state index in [1.54, 1.807) is 0 Å². The second-order valence-corrected chi connectivity index (χ2v) is 5.81. The molecule has 8 nitrogen and oxygen atoms in total. The number of nitrogens with zero attached hydrogens (tertiary/aromatic N) is 3. The molecule has 0 bridgehead atoms. The van der Waals surface area contributed by atoms with E-state index in [0.717, 1.165) is 5.82 Å². The molecule has 20 heavy (non-hydrogen) atoms. The summed E-state index contributed by atoms with van der Waals surface area (Å²) in [6, 6.07) is -1.07. The van der Waals surface area contributed by atoms with E-state index in [1.807, 2.05) is 6.92 Å². The van der Waals surface area contributed by atoms with E-state index in [0.29, 0.717) is 25.1 Å². The van der Waals surface area contributed by atoms with Crippen LogP contribution < -0.4 is 5.32 Å². The first-order chi connectivity index (χ1) is 9.59. The number of thioether (sulfide) groups is 1. The van der Waals surface area contributed by atoms with Gasteiger partial charge in [-0.25, -0.2) is 14.6 Å². The zero-order chi connectivity index (χ0) is 14.5. The Morgan fingerprint density at radius 2 is 2.45 bits per heavy atom. The minimum atomic E-state index is -0.960. The number of H-pyrrole nitrogens is 1. The first kappa shape index (κ1) is 14.6. The third-order valence-corrected chi connectivity index (χ3v) is 4.29. The molecule has 1 aromatic rings. The van der Waals surface area contributed by atoms with E-state index in [-0.39, 0.29) is 11.4 Å². The molecule has 2 heterocycles. The van der Waals surface area contributed by atoms with Gasteiger partial charge in [-0.3, -0.25) is 10.00 Å². The number of hydrogen-bond donors (Lipinski definition) is 3. The second-order valence-electron chi connectivity index (χ2n) is 4.46. The highest BCUT2D eigenvalue weighted by Crippen LogP contribution is 2.28. The van der Waals surface area contributed by atoms with Crippen molar-refractivity contribution in [2.24, 2.45) is 0 Å². The van der Waals surface area contributed by atoms with Crippen LogP contribution in [0.2, 0.25) is 0 Å². The van der Waals surface area contributed by atoms with Gasteiger partial charge in [-0.15, -0.1) is 11.8 Å². The average molecular weight is 299 g/mol. The molecule has 1 saturated heterocycles. The zero-order valence-corrected chi connectivity index (χ0v) is 11.9. The summed E-state index contributed by atoms with van der Waals surface area (Å²) in [5.74, 6) is 0.244. The van der Waals surface area contributed by atoms with Crippen molar-refractivity contribution in [1.29, 1.82) is 0 Å². The fourth-order valence-electron chi connectivity index (χ4n) is 2.04. The molecule has 9 heteroatoms. The number of carbonyl (C=O) groups is 2. The maximum Gasteiger partial charge on any atom is 0.327 e. The lowest BCUT2D eigenvalue weighted by Crippen LogP contribution is -2.49. The highest BCUT2D eigenvalue weighted by atomic mass is 32.2. The van der Waals surface area contributed by atoms with Crippen LogP contribution in [-0.4, -0.2) is 60.9 Å². The number of urea groups is 1. The van der Waals surface area contributed by atoms with Gasteiger partial charge in [-0.05, 0) is 13.3 Å². The number of rotatable bonds is 5. The van der Waals surface area contributed by atoms with E-state index in [9.17, 15) is 9.59 Å². The van der Waals surface area contributed by atoms with Crippen molar-refractivity contribution in [3.05, 3.63) is 12.2 Å². The smallest absolute Gasteiger partial charge is 0.327 e. The number of aromatic nitrogens is 3. The lowest BCUT2D eigenvalue weighted by Gasteiger charge is -2.25. The Kier molecular flexibility index (Phi) is 4.83. The summed E-state index contributed by atoms with van der Waals surface area (Å²) >= 11 is 1.47. The first-order valence-corrected chi connectivity index (χ1v) is 7.39. The highest BCUT2D eigenvalue weighted by Gasteiger charge is 2.39. The van der Waals surface area contributed by atoms with E-state index in [2.05, 4.69) is 20.5 Å². The summed E-state index contributed by atoms with van der Waals surface area (Å²) in [6.45, 7) is 2.31. The molecule has 0 spiro atoms. The van der Waals surface area contributed by atoms with Crippen LogP contribution in [0.25, 0.3) is 0 Å². The van der Waals surface area contributed by atoms with Crippen LogP contribution in [0, 0.1) is 0 Å². The van der Waals surface area contributed by atoms with Crippen molar-refractivity contribution in [2.45, 2.75) is 31.2 Å². The van der Waals surface area contributed by atoms with E-state index in [4.69, 9.17) is 5.11 Å². The van der Waals surface area contributed by atoms with Crippen molar-refractivity contribution in [3.8, 4) is 0 Å². The molecule has 110 valence electrons. The van der Waals surface area contributed by atoms with Crippen molar-refractivity contribution < 1.29 is 14.7 Å². The van der Waals surface area contributed by atoms with Gasteiger partial charge in [0.2, 0.25) is 0 Å². The van der Waals surface area contributed by atoms with Gasteiger partial charge in [0, 0.05) is 18.7 Å². The molecule has 2 rings (SSSR count). The van der Waals surface area contributed by atoms with Crippen molar-refractivity contribution >= 4 is 23.8 Å². The quantitative estimate of drug-likeness (QED) is 0.674. The predicted octanol–water partition coefficient (Wildman–Crippen LogP) is 0.295. The Morgan fingerprint density at radius 1 is 1.65 bits per heavy atom. The summed E-state index contributed by atoms with van der Waals surface area (Å²) in [5.41, 5.74) is 0. The molecule has 2 unspecified atom stereocenters. The summed E-state index contributed by atoms with van der Waals surface area (Å²) < 4.78 is 0. The molecule has 3 N–H and O–H groups in total. The van der Waals surface area contributed by atoms with E-state index >= 15 is 0 Å². The van der Waals surface area contributed by atoms with Gasteiger partial charge in [0.15, 0.2) is 0 Å². The summed E-state index contributed by atoms with van der Waals surface area (Å²) in [6.07, 6.45) is 2.84. The number of amides is 2. The molecular formula is C11H17N5O3S. The SMILES string of the molecule is CC1SCC(C(=O)O)N1C(=O)NCCCc1ncn[nH]1. The maximum atomic E-state index is 12.0. The molecule has 0 aliphatic carbocycles. The largest absolute Gasteiger partial charge is 0.480 e. The molecule has 1 aromatic heterocycles. The summed E-state index contributed by atoms with van der Waals surface area (Å²) in [5, 5.41) is 18.2. The number of aryl methyl sites for hydroxylation is 1. The van der Waals surface area contributed by atoms with Crippen LogP contribution >= 0.6 is 11.8 Å². The standard InChI is InChI=1S/C11H17N5O3S/c1-7-16(8(5-20-7)10(17)18)11(19)12-4-2-3-9-13-6-14-15-9/h6-8H,2-5H2,1H3,(H,12,19)(H,17,18)(H,13,14,15). The number of carbonyl (C=O) groups excluding carboxylic acids is 1. The molecule has 2 amide bonds. The van der Waals surface area contributed by atoms with E-state index in [1.165, 1.54) is 23.0 Å². The Balaban J connectivity index is 1.77. The van der Waals surface area contributed by atoms with Crippen molar-refractivity contribution in [1.82, 2.24) is 25.4 Å². The molecule has 1 aliphatic heterocycles. The maximum absolute atomic E-state index is 12.0. The molecule has 1 fully saturated rings. The molecule has 0 saturated carbocycles. The fourth-order valence-corrected chi connectivity index (χ4v) is 3.20. The topological polar surface area (TPSA) is 111 Å². The fraction of sp³-hybridized carbons (Fsp3) is 0.636. The van der Waals surface area contributed by atoms with Crippen LogP contribution in [0.3, 0.4) is 0 Å². The number of aromatic amines is 1. The third-order valence-electron chi connectivity index (χ3n) is 3.07. The predicted molar refractivity (Wildman–Crippen MR) is 73.3 cm³/mol. The van der Waals surface area contributed by atoms with Crippen molar-refractivity contribution in [2.75, 3.05) is 12.3 Å². The molecule has 0 aromatic carbocycles. The van der Waals surface area contributed by atoms with Gasteiger partial charge in [-0.2, -0.15) is 5.10 Å². The highest BCUT2D eigenvalue weighted by molar-refractivity contribution is 8.00. The Hall–Kier alpha value is -1.77. The number of carboxylic acid groups (broad SMARTS) is 1. The van der Waals surface area contributed by atoms with Gasteiger partial charge < -0.3 is 10.4 Å². The normalized spacial score (nSPS) is 21.9. The van der Waals surface area contributed by atoms with Gasteiger partial charge in [0.25, 0.3) is 0 Å². The van der Waals surface area contributed by atoms with Crippen molar-refractivity contribution in [3.63, 3.8) is 0 Å². The lowest BCUT2D eigenvalue weighted by atomic mass is 10.3. The number of hydrogen-bond acceptors (Lipinski definition) is 5. The molecule has 1 aliphatic rings.